The summed E-state index contributed by atoms with van der Waals surface area (Å²) in [4.78, 5) is 25.1. The number of para-hydroxylation sites is 1. The van der Waals surface area contributed by atoms with Gasteiger partial charge in [-0.25, -0.2) is 4.52 Å². The van der Waals surface area contributed by atoms with Crippen LogP contribution in [0.1, 0.15) is 5.56 Å². The largest absolute Gasteiger partial charge is 0.323 e. The molecule has 2 aromatic carbocycles. The number of nitrogens with one attached hydrogen (secondary N) is 1. The minimum absolute atomic E-state index is 0.119. The maximum Gasteiger partial charge on any atom is 0.277 e. The van der Waals surface area contributed by atoms with Crippen LogP contribution in [0.2, 0.25) is 5.02 Å². The van der Waals surface area contributed by atoms with Gasteiger partial charge in [-0.3, -0.25) is 9.59 Å². The number of fused-ring (bicyclic) bond motifs is 1. The highest BCUT2D eigenvalue weighted by Gasteiger charge is 2.12. The molecule has 0 spiro atoms. The molecule has 4 rings (SSSR count). The molecule has 0 atom stereocenters. The Hall–Kier alpha value is -3.38. The Labute approximate surface area is 166 Å². The molecule has 7 heteroatoms. The van der Waals surface area contributed by atoms with Crippen molar-refractivity contribution >= 4 is 28.7 Å². The molecular weight excluding hydrogens is 376 g/mol. The minimum Gasteiger partial charge on any atom is -0.323 e. The van der Waals surface area contributed by atoms with Crippen LogP contribution in [0.4, 0.5) is 5.69 Å². The van der Waals surface area contributed by atoms with Gasteiger partial charge in [0.15, 0.2) is 0 Å². The third kappa shape index (κ3) is 3.54. The molecular formula is C21H17ClN4O2. The predicted molar refractivity (Wildman–Crippen MR) is 110 cm³/mol. The molecule has 2 aromatic heterocycles. The molecule has 140 valence electrons. The number of hydrogen-bond donors (Lipinski definition) is 1. The molecule has 0 radical (unpaired) electrons. The number of anilines is 1. The van der Waals surface area contributed by atoms with Crippen LogP contribution < -0.4 is 10.9 Å². The van der Waals surface area contributed by atoms with E-state index in [1.165, 1.54) is 9.08 Å². The quantitative estimate of drug-likeness (QED) is 0.575. The molecule has 6 nitrogen and oxygen atoms in total. The fourth-order valence-electron chi connectivity index (χ4n) is 2.92. The zero-order chi connectivity index (χ0) is 19.7. The molecule has 0 saturated heterocycles. The number of carbonyl (C=O) groups excluding carboxylic acids is 1. The smallest absolute Gasteiger partial charge is 0.277 e. The van der Waals surface area contributed by atoms with Gasteiger partial charge in [0.05, 0.1) is 16.4 Å². The van der Waals surface area contributed by atoms with Crippen molar-refractivity contribution in [2.24, 2.45) is 0 Å². The molecule has 0 aliphatic carbocycles. The monoisotopic (exact) mass is 392 g/mol. The number of nitrogens with zero attached hydrogens (tertiary/aromatic N) is 3. The van der Waals surface area contributed by atoms with Crippen molar-refractivity contribution in [2.45, 2.75) is 13.5 Å². The number of aromatic nitrogens is 3. The number of halogens is 1. The van der Waals surface area contributed by atoms with Crippen LogP contribution in [0.15, 0.2) is 71.8 Å². The van der Waals surface area contributed by atoms with Gasteiger partial charge in [0.1, 0.15) is 12.1 Å². The Kier molecular flexibility index (Phi) is 4.71. The van der Waals surface area contributed by atoms with Crippen LogP contribution in [-0.2, 0) is 11.3 Å². The van der Waals surface area contributed by atoms with E-state index < -0.39 is 0 Å². The van der Waals surface area contributed by atoms with Crippen LogP contribution in [0.3, 0.4) is 0 Å². The molecule has 0 saturated carbocycles. The van der Waals surface area contributed by atoms with Crippen LogP contribution in [-0.4, -0.2) is 20.1 Å². The summed E-state index contributed by atoms with van der Waals surface area (Å²) in [7, 11) is 0. The summed E-state index contributed by atoms with van der Waals surface area (Å²) in [6, 6.07) is 16.6. The molecule has 1 N–H and O–H groups in total. The molecule has 28 heavy (non-hydrogen) atoms. The summed E-state index contributed by atoms with van der Waals surface area (Å²) in [5.41, 5.74) is 3.41. The van der Waals surface area contributed by atoms with Crippen LogP contribution >= 0.6 is 11.6 Å². The van der Waals surface area contributed by atoms with Gasteiger partial charge in [-0.15, -0.1) is 0 Å². The van der Waals surface area contributed by atoms with Gasteiger partial charge in [-0.05, 0) is 25.1 Å². The maximum absolute atomic E-state index is 12.8. The number of amides is 1. The molecule has 0 fully saturated rings. The summed E-state index contributed by atoms with van der Waals surface area (Å²) in [5.74, 6) is -0.335. The summed E-state index contributed by atoms with van der Waals surface area (Å²) in [6.45, 7) is 1.89. The Morgan fingerprint density at radius 3 is 2.61 bits per heavy atom. The lowest BCUT2D eigenvalue weighted by molar-refractivity contribution is -0.116. The van der Waals surface area contributed by atoms with E-state index in [2.05, 4.69) is 10.4 Å². The first-order valence-electron chi connectivity index (χ1n) is 8.71. The van der Waals surface area contributed by atoms with E-state index in [-0.39, 0.29) is 18.0 Å². The van der Waals surface area contributed by atoms with Gasteiger partial charge in [0.2, 0.25) is 5.91 Å². The topological polar surface area (TPSA) is 68.4 Å². The summed E-state index contributed by atoms with van der Waals surface area (Å²) < 4.78 is 2.88. The van der Waals surface area contributed by atoms with Crippen LogP contribution in [0.5, 0.6) is 0 Å². The minimum atomic E-state index is -0.335. The Balaban J connectivity index is 1.61. The van der Waals surface area contributed by atoms with Crippen LogP contribution in [0, 0.1) is 6.92 Å². The average Bonchev–Trinajstić information content (AvgIpc) is 3.12. The number of hydrogen-bond acceptors (Lipinski definition) is 3. The zero-order valence-electron chi connectivity index (χ0n) is 15.1. The van der Waals surface area contributed by atoms with Gasteiger partial charge >= 0.3 is 0 Å². The maximum atomic E-state index is 12.8. The van der Waals surface area contributed by atoms with Crippen molar-refractivity contribution in [3.05, 3.63) is 87.9 Å². The Bertz CT molecular complexity index is 1230. The Morgan fingerprint density at radius 1 is 1.11 bits per heavy atom. The standard InChI is InChI=1S/C21H17ClN4O2/c1-14-6-8-15(9-7-14)18-12-19-21(28)25(10-11-26(19)24-18)13-20(27)23-17-5-3-2-4-16(17)22/h2-12H,13H2,1H3,(H,23,27). The van der Waals surface area contributed by atoms with Crippen molar-refractivity contribution in [3.63, 3.8) is 0 Å². The van der Waals surface area contributed by atoms with E-state index in [1.807, 2.05) is 31.2 Å². The Morgan fingerprint density at radius 2 is 1.86 bits per heavy atom. The molecule has 0 aliphatic heterocycles. The van der Waals surface area contributed by atoms with Crippen LogP contribution in [0.25, 0.3) is 16.8 Å². The molecule has 1 amide bonds. The first-order chi connectivity index (χ1) is 13.5. The second-order valence-corrected chi connectivity index (χ2v) is 6.89. The van der Waals surface area contributed by atoms with E-state index >= 15 is 0 Å². The zero-order valence-corrected chi connectivity index (χ0v) is 15.8. The highest BCUT2D eigenvalue weighted by atomic mass is 35.5. The fourth-order valence-corrected chi connectivity index (χ4v) is 3.11. The normalized spacial score (nSPS) is 10.9. The highest BCUT2D eigenvalue weighted by molar-refractivity contribution is 6.33. The van der Waals surface area contributed by atoms with Gasteiger partial charge in [-0.2, -0.15) is 5.10 Å². The number of aryl methyl sites for hydroxylation is 1. The molecule has 0 bridgehead atoms. The first-order valence-corrected chi connectivity index (χ1v) is 9.09. The van der Waals surface area contributed by atoms with E-state index in [4.69, 9.17) is 11.6 Å². The second-order valence-electron chi connectivity index (χ2n) is 6.48. The highest BCUT2D eigenvalue weighted by Crippen LogP contribution is 2.21. The van der Waals surface area contributed by atoms with Gasteiger partial charge in [-0.1, -0.05) is 53.6 Å². The lowest BCUT2D eigenvalue weighted by atomic mass is 10.1. The lowest BCUT2D eigenvalue weighted by Gasteiger charge is -2.08. The third-order valence-electron chi connectivity index (χ3n) is 4.41. The van der Waals surface area contributed by atoms with Gasteiger partial charge in [0, 0.05) is 18.0 Å². The van der Waals surface area contributed by atoms with E-state index in [0.717, 1.165) is 11.1 Å². The van der Waals surface area contributed by atoms with E-state index in [1.54, 1.807) is 42.7 Å². The fraction of sp³-hybridized carbons (Fsp3) is 0.0952. The van der Waals surface area contributed by atoms with Gasteiger partial charge in [0.25, 0.3) is 5.56 Å². The van der Waals surface area contributed by atoms with E-state index in [9.17, 15) is 9.59 Å². The summed E-state index contributed by atoms with van der Waals surface area (Å²) in [6.07, 6.45) is 3.21. The van der Waals surface area contributed by atoms with Crippen molar-refractivity contribution in [3.8, 4) is 11.3 Å². The molecule has 4 aromatic rings. The predicted octanol–water partition coefficient (Wildman–Crippen LogP) is 3.76. The average molecular weight is 393 g/mol. The lowest BCUT2D eigenvalue weighted by Crippen LogP contribution is -2.28. The summed E-state index contributed by atoms with van der Waals surface area (Å²) >= 11 is 6.06. The van der Waals surface area contributed by atoms with Crippen molar-refractivity contribution in [1.29, 1.82) is 0 Å². The van der Waals surface area contributed by atoms with Crippen molar-refractivity contribution in [2.75, 3.05) is 5.32 Å². The van der Waals surface area contributed by atoms with Crippen molar-refractivity contribution in [1.82, 2.24) is 14.2 Å². The van der Waals surface area contributed by atoms with Gasteiger partial charge < -0.3 is 9.88 Å². The number of rotatable bonds is 4. The first kappa shape index (κ1) is 18.0. The number of carbonyl (C=O) groups is 1. The van der Waals surface area contributed by atoms with E-state index in [0.29, 0.717) is 21.9 Å². The molecule has 0 aliphatic rings. The van der Waals surface area contributed by atoms with Crippen molar-refractivity contribution < 1.29 is 4.79 Å². The second kappa shape index (κ2) is 7.32. The SMILES string of the molecule is Cc1ccc(-c2cc3c(=O)n(CC(=O)Nc4ccccc4Cl)ccn3n2)cc1. The third-order valence-corrected chi connectivity index (χ3v) is 4.74. The molecule has 2 heterocycles. The molecule has 0 unspecified atom stereocenters. The number of benzene rings is 2. The summed E-state index contributed by atoms with van der Waals surface area (Å²) in [5, 5.41) is 7.62.